The monoisotopic (exact) mass is 460 g/mol. The van der Waals surface area contributed by atoms with Crippen molar-refractivity contribution >= 4 is 23.6 Å². The Hall–Kier alpha value is -2.68. The number of piperazine rings is 1. The van der Waals surface area contributed by atoms with E-state index in [0.717, 1.165) is 26.2 Å². The van der Waals surface area contributed by atoms with Crippen molar-refractivity contribution in [1.82, 2.24) is 15.1 Å². The van der Waals surface area contributed by atoms with Crippen molar-refractivity contribution in [1.29, 1.82) is 0 Å². The average molecular weight is 461 g/mol. The lowest BCUT2D eigenvalue weighted by molar-refractivity contribution is -0.134. The van der Waals surface area contributed by atoms with Crippen LogP contribution in [0, 0.1) is 12.7 Å². The van der Waals surface area contributed by atoms with Gasteiger partial charge in [-0.15, -0.1) is 0 Å². The van der Waals surface area contributed by atoms with E-state index < -0.39 is 11.5 Å². The summed E-state index contributed by atoms with van der Waals surface area (Å²) in [4.78, 5) is 42.0. The molecule has 3 heterocycles. The Labute approximate surface area is 194 Å². The van der Waals surface area contributed by atoms with Crippen molar-refractivity contribution < 1.29 is 23.5 Å². The molecular weight excluding hydrogens is 427 g/mol. The number of carbonyl (C=O) groups excluding carboxylic acids is 3. The van der Waals surface area contributed by atoms with Gasteiger partial charge in [-0.1, -0.05) is 6.07 Å². The second-order valence-corrected chi connectivity index (χ2v) is 10.2. The van der Waals surface area contributed by atoms with Crippen molar-refractivity contribution in [2.24, 2.45) is 0 Å². The SMILES string of the molecule is Cc1c(C2CCC(=O)NC2=O)ccc(N2CC(N3CCN(C(=O)OC(C)(C)C)CC3)C2)c1F. The first kappa shape index (κ1) is 23.5. The summed E-state index contributed by atoms with van der Waals surface area (Å²) in [6.07, 6.45) is 0.408. The van der Waals surface area contributed by atoms with Gasteiger partial charge in [-0.2, -0.15) is 0 Å². The van der Waals surface area contributed by atoms with Gasteiger partial charge in [0, 0.05) is 51.7 Å². The molecule has 3 aliphatic heterocycles. The molecule has 3 amide bonds. The Balaban J connectivity index is 1.32. The third-order valence-corrected chi connectivity index (χ3v) is 6.71. The molecule has 33 heavy (non-hydrogen) atoms. The quantitative estimate of drug-likeness (QED) is 0.698. The molecule has 0 aliphatic carbocycles. The molecule has 3 saturated heterocycles. The average Bonchev–Trinajstić information content (AvgIpc) is 2.70. The summed E-state index contributed by atoms with van der Waals surface area (Å²) in [5, 5.41) is 2.35. The largest absolute Gasteiger partial charge is 0.444 e. The number of imide groups is 1. The molecule has 4 rings (SSSR count). The molecule has 0 bridgehead atoms. The van der Waals surface area contributed by atoms with Crippen LogP contribution in [0.5, 0.6) is 0 Å². The molecule has 1 aromatic rings. The minimum absolute atomic E-state index is 0.272. The summed E-state index contributed by atoms with van der Waals surface area (Å²) in [7, 11) is 0. The van der Waals surface area contributed by atoms with Crippen LogP contribution in [0.2, 0.25) is 0 Å². The molecule has 0 spiro atoms. The van der Waals surface area contributed by atoms with Crippen molar-refractivity contribution in [2.45, 2.75) is 58.1 Å². The molecule has 3 fully saturated rings. The third kappa shape index (κ3) is 4.98. The van der Waals surface area contributed by atoms with Gasteiger partial charge in [0.15, 0.2) is 0 Å². The Bertz CT molecular complexity index is 947. The standard InChI is InChI=1S/C24H33FN4O4/c1-15-17(18-6-8-20(30)26-22(18)31)5-7-19(21(15)25)29-13-16(14-29)27-9-11-28(12-10-27)23(32)33-24(2,3)4/h5,7,16,18H,6,8-14H2,1-4H3,(H,26,30,31). The van der Waals surface area contributed by atoms with Crippen LogP contribution in [0.25, 0.3) is 0 Å². The third-order valence-electron chi connectivity index (χ3n) is 6.71. The van der Waals surface area contributed by atoms with Gasteiger partial charge in [0.05, 0.1) is 11.6 Å². The van der Waals surface area contributed by atoms with Crippen LogP contribution in [0.1, 0.15) is 50.7 Å². The number of ether oxygens (including phenoxy) is 1. The lowest BCUT2D eigenvalue weighted by Gasteiger charge is -2.49. The highest BCUT2D eigenvalue weighted by molar-refractivity contribution is 6.01. The zero-order chi connectivity index (χ0) is 23.9. The van der Waals surface area contributed by atoms with E-state index in [4.69, 9.17) is 4.74 Å². The molecule has 180 valence electrons. The molecule has 1 unspecified atom stereocenters. The first-order valence-electron chi connectivity index (χ1n) is 11.6. The Morgan fingerprint density at radius 1 is 1.12 bits per heavy atom. The number of nitrogens with one attached hydrogen (secondary N) is 1. The maximum absolute atomic E-state index is 15.2. The minimum Gasteiger partial charge on any atom is -0.444 e. The molecule has 0 aromatic heterocycles. The van der Waals surface area contributed by atoms with Crippen LogP contribution in [0.4, 0.5) is 14.9 Å². The number of benzene rings is 1. The normalized spacial score (nSPS) is 22.8. The first-order valence-corrected chi connectivity index (χ1v) is 11.6. The zero-order valence-electron chi connectivity index (χ0n) is 19.8. The van der Waals surface area contributed by atoms with Crippen LogP contribution in [0.15, 0.2) is 12.1 Å². The molecule has 9 heteroatoms. The van der Waals surface area contributed by atoms with E-state index in [2.05, 4.69) is 10.2 Å². The molecule has 1 aromatic carbocycles. The summed E-state index contributed by atoms with van der Waals surface area (Å²) in [6, 6.07) is 3.89. The van der Waals surface area contributed by atoms with E-state index in [-0.39, 0.29) is 30.1 Å². The number of hydrogen-bond acceptors (Lipinski definition) is 6. The minimum atomic E-state index is -0.501. The second-order valence-electron chi connectivity index (χ2n) is 10.2. The number of amides is 3. The van der Waals surface area contributed by atoms with Crippen molar-refractivity contribution in [3.63, 3.8) is 0 Å². The summed E-state index contributed by atoms with van der Waals surface area (Å²) >= 11 is 0. The van der Waals surface area contributed by atoms with E-state index in [0.29, 0.717) is 42.4 Å². The molecule has 0 saturated carbocycles. The molecular formula is C24H33FN4O4. The number of anilines is 1. The van der Waals surface area contributed by atoms with Gasteiger partial charge in [-0.25, -0.2) is 9.18 Å². The van der Waals surface area contributed by atoms with E-state index in [9.17, 15) is 14.4 Å². The van der Waals surface area contributed by atoms with Crippen LogP contribution < -0.4 is 10.2 Å². The van der Waals surface area contributed by atoms with Crippen LogP contribution in [-0.4, -0.2) is 78.6 Å². The summed E-state index contributed by atoms with van der Waals surface area (Å²) < 4.78 is 20.7. The van der Waals surface area contributed by atoms with E-state index in [1.165, 1.54) is 0 Å². The van der Waals surface area contributed by atoms with Gasteiger partial charge in [0.1, 0.15) is 11.4 Å². The Morgan fingerprint density at radius 3 is 2.39 bits per heavy atom. The highest BCUT2D eigenvalue weighted by Gasteiger charge is 2.37. The van der Waals surface area contributed by atoms with Gasteiger partial charge >= 0.3 is 6.09 Å². The van der Waals surface area contributed by atoms with E-state index >= 15 is 4.39 Å². The van der Waals surface area contributed by atoms with Gasteiger partial charge < -0.3 is 14.5 Å². The predicted molar refractivity (Wildman–Crippen MR) is 122 cm³/mol. The molecule has 1 N–H and O–H groups in total. The number of carbonyl (C=O) groups is 3. The number of nitrogens with zero attached hydrogens (tertiary/aromatic N) is 3. The number of halogens is 1. The Kier molecular flexibility index (Phi) is 6.35. The van der Waals surface area contributed by atoms with Crippen LogP contribution >= 0.6 is 0 Å². The fourth-order valence-electron chi connectivity index (χ4n) is 4.78. The fourth-order valence-corrected chi connectivity index (χ4v) is 4.78. The Morgan fingerprint density at radius 2 is 1.79 bits per heavy atom. The molecule has 8 nitrogen and oxygen atoms in total. The maximum Gasteiger partial charge on any atom is 0.410 e. The fraction of sp³-hybridized carbons (Fsp3) is 0.625. The van der Waals surface area contributed by atoms with Gasteiger partial charge in [-0.05, 0) is 51.3 Å². The van der Waals surface area contributed by atoms with E-state index in [1.54, 1.807) is 17.9 Å². The highest BCUT2D eigenvalue weighted by atomic mass is 19.1. The number of rotatable bonds is 3. The molecule has 1 atom stereocenters. The van der Waals surface area contributed by atoms with Crippen molar-refractivity contribution in [3.05, 3.63) is 29.1 Å². The number of hydrogen-bond donors (Lipinski definition) is 1. The molecule has 3 aliphatic rings. The first-order chi connectivity index (χ1) is 15.5. The predicted octanol–water partition coefficient (Wildman–Crippen LogP) is 2.40. The lowest BCUT2D eigenvalue weighted by Crippen LogP contribution is -2.63. The van der Waals surface area contributed by atoms with Gasteiger partial charge in [-0.3, -0.25) is 19.8 Å². The summed E-state index contributed by atoms with van der Waals surface area (Å²) in [5.41, 5.74) is 1.17. The topological polar surface area (TPSA) is 82.2 Å². The lowest BCUT2D eigenvalue weighted by atomic mass is 9.87. The summed E-state index contributed by atoms with van der Waals surface area (Å²) in [6.45, 7) is 11.5. The van der Waals surface area contributed by atoms with Gasteiger partial charge in [0.2, 0.25) is 11.8 Å². The highest BCUT2D eigenvalue weighted by Crippen LogP contribution is 2.34. The van der Waals surface area contributed by atoms with Crippen molar-refractivity contribution in [3.8, 4) is 0 Å². The van der Waals surface area contributed by atoms with Gasteiger partial charge in [0.25, 0.3) is 0 Å². The maximum atomic E-state index is 15.2. The van der Waals surface area contributed by atoms with Crippen LogP contribution in [0.3, 0.4) is 0 Å². The summed E-state index contributed by atoms with van der Waals surface area (Å²) in [5.74, 6) is -1.41. The zero-order valence-corrected chi connectivity index (χ0v) is 19.8. The number of piperidine rings is 1. The van der Waals surface area contributed by atoms with Crippen LogP contribution in [-0.2, 0) is 14.3 Å². The molecule has 0 radical (unpaired) electrons. The van der Waals surface area contributed by atoms with E-state index in [1.807, 2.05) is 31.7 Å². The smallest absolute Gasteiger partial charge is 0.410 e. The second kappa shape index (κ2) is 8.93. The van der Waals surface area contributed by atoms with Crippen molar-refractivity contribution in [2.75, 3.05) is 44.2 Å².